The maximum atomic E-state index is 13.3. The van der Waals surface area contributed by atoms with Crippen LogP contribution in [0.25, 0.3) is 0 Å². The van der Waals surface area contributed by atoms with Crippen LogP contribution in [0.4, 0.5) is 17.1 Å². The molecule has 0 saturated heterocycles. The van der Waals surface area contributed by atoms with Gasteiger partial charge in [0.25, 0.3) is 5.69 Å². The Labute approximate surface area is 173 Å². The van der Waals surface area contributed by atoms with E-state index in [0.29, 0.717) is 12.1 Å². The van der Waals surface area contributed by atoms with Gasteiger partial charge in [-0.3, -0.25) is 19.7 Å². The predicted molar refractivity (Wildman–Crippen MR) is 114 cm³/mol. The maximum absolute atomic E-state index is 13.3. The molecule has 4 N–H and O–H groups in total. The summed E-state index contributed by atoms with van der Waals surface area (Å²) in [5.41, 5.74) is 5.04. The summed E-state index contributed by atoms with van der Waals surface area (Å²) in [5, 5.41) is 25.0. The molecular weight excluding hydrogens is 386 g/mol. The zero-order valence-electron chi connectivity index (χ0n) is 16.6. The van der Waals surface area contributed by atoms with Crippen molar-refractivity contribution in [1.82, 2.24) is 0 Å². The molecule has 0 bridgehead atoms. The number of phenols is 1. The number of nitrogens with zero attached hydrogens (tertiary/aromatic N) is 1. The van der Waals surface area contributed by atoms with Gasteiger partial charge in [0, 0.05) is 23.5 Å². The molecule has 3 rings (SSSR count). The third-order valence-electron chi connectivity index (χ3n) is 5.22. The minimum atomic E-state index is -0.753. The molecule has 1 atom stereocenters. The summed E-state index contributed by atoms with van der Waals surface area (Å²) >= 11 is 0. The van der Waals surface area contributed by atoms with Gasteiger partial charge in [-0.25, -0.2) is 0 Å². The number of aromatic hydroxyl groups is 1. The average Bonchev–Trinajstić information content (AvgIpc) is 2.71. The van der Waals surface area contributed by atoms with Crippen LogP contribution in [0, 0.1) is 10.1 Å². The van der Waals surface area contributed by atoms with Gasteiger partial charge in [-0.2, -0.15) is 0 Å². The van der Waals surface area contributed by atoms with Crippen LogP contribution >= 0.6 is 0 Å². The van der Waals surface area contributed by atoms with Gasteiger partial charge < -0.3 is 16.2 Å². The van der Waals surface area contributed by atoms with E-state index in [1.807, 2.05) is 0 Å². The number of nitrogens with one attached hydrogen (secondary N) is 1. The number of unbranched alkanes of at least 4 members (excludes halogenated alkanes) is 1. The fraction of sp³-hybridized carbons (Fsp3) is 0.273. The molecule has 0 aliphatic heterocycles. The van der Waals surface area contributed by atoms with E-state index in [9.17, 15) is 24.8 Å². The molecule has 1 unspecified atom stereocenters. The van der Waals surface area contributed by atoms with Crippen molar-refractivity contribution in [1.29, 1.82) is 0 Å². The lowest BCUT2D eigenvalue weighted by molar-refractivity contribution is -0.385. The van der Waals surface area contributed by atoms with E-state index in [1.54, 1.807) is 12.1 Å². The molecule has 156 valence electrons. The fourth-order valence-corrected chi connectivity index (χ4v) is 3.78. The highest BCUT2D eigenvalue weighted by Gasteiger charge is 2.40. The Balaban J connectivity index is 2.18. The molecule has 2 aromatic rings. The number of hydrogen-bond acceptors (Lipinski definition) is 7. The fourth-order valence-electron chi connectivity index (χ4n) is 3.78. The van der Waals surface area contributed by atoms with Crippen LogP contribution in [0.3, 0.4) is 0 Å². The van der Waals surface area contributed by atoms with Gasteiger partial charge in [0.2, 0.25) is 11.6 Å². The smallest absolute Gasteiger partial charge is 0.281 e. The molecule has 0 heterocycles. The SMILES string of the molecule is C=CCC(CCCC)Nc1ccc(N)c2c1C(=O)c1c(O)ccc([N+](=O)[O-])c1C2=O. The number of ketones is 2. The van der Waals surface area contributed by atoms with E-state index < -0.39 is 33.5 Å². The first-order valence-corrected chi connectivity index (χ1v) is 9.71. The van der Waals surface area contributed by atoms with Gasteiger partial charge in [0.05, 0.1) is 21.6 Å². The zero-order chi connectivity index (χ0) is 22.0. The number of carbonyl (C=O) groups excluding carboxylic acids is 2. The number of phenolic OH excluding ortho intramolecular Hbond substituents is 1. The normalized spacial score (nSPS) is 13.4. The largest absolute Gasteiger partial charge is 0.507 e. The Bertz CT molecular complexity index is 1060. The molecule has 0 fully saturated rings. The molecule has 30 heavy (non-hydrogen) atoms. The van der Waals surface area contributed by atoms with Crippen LogP contribution in [-0.2, 0) is 0 Å². The number of anilines is 2. The van der Waals surface area contributed by atoms with Crippen molar-refractivity contribution in [3.05, 3.63) is 69.3 Å². The third kappa shape index (κ3) is 3.52. The van der Waals surface area contributed by atoms with Crippen LogP contribution < -0.4 is 11.1 Å². The van der Waals surface area contributed by atoms with Gasteiger partial charge in [-0.15, -0.1) is 6.58 Å². The molecule has 2 aromatic carbocycles. The summed E-state index contributed by atoms with van der Waals surface area (Å²) in [4.78, 5) is 37.2. The summed E-state index contributed by atoms with van der Waals surface area (Å²) in [7, 11) is 0. The van der Waals surface area contributed by atoms with Gasteiger partial charge in [0.1, 0.15) is 11.3 Å². The van der Waals surface area contributed by atoms with Crippen molar-refractivity contribution in [3.63, 3.8) is 0 Å². The molecule has 8 heteroatoms. The van der Waals surface area contributed by atoms with E-state index in [2.05, 4.69) is 18.8 Å². The molecule has 1 aliphatic carbocycles. The lowest BCUT2D eigenvalue weighted by atomic mass is 9.81. The highest BCUT2D eigenvalue weighted by Crippen LogP contribution is 2.42. The van der Waals surface area contributed by atoms with Crippen LogP contribution in [0.2, 0.25) is 0 Å². The number of benzene rings is 2. The van der Waals surface area contributed by atoms with Crippen LogP contribution in [0.15, 0.2) is 36.9 Å². The molecule has 0 spiro atoms. The number of hydrogen-bond donors (Lipinski definition) is 3. The molecular formula is C22H23N3O5. The summed E-state index contributed by atoms with van der Waals surface area (Å²) in [5.74, 6) is -1.91. The summed E-state index contributed by atoms with van der Waals surface area (Å²) in [6, 6.07) is 5.15. The van der Waals surface area contributed by atoms with Crippen molar-refractivity contribution in [2.45, 2.75) is 38.6 Å². The Morgan fingerprint density at radius 2 is 1.87 bits per heavy atom. The Morgan fingerprint density at radius 1 is 1.17 bits per heavy atom. The quantitative estimate of drug-likeness (QED) is 0.219. The van der Waals surface area contributed by atoms with Crippen molar-refractivity contribution in [2.24, 2.45) is 0 Å². The second-order valence-electron chi connectivity index (χ2n) is 7.23. The molecule has 1 aliphatic rings. The number of rotatable bonds is 8. The first-order valence-electron chi connectivity index (χ1n) is 9.71. The van der Waals surface area contributed by atoms with E-state index in [4.69, 9.17) is 5.73 Å². The minimum Gasteiger partial charge on any atom is -0.507 e. The highest BCUT2D eigenvalue weighted by molar-refractivity contribution is 6.33. The number of carbonyl (C=O) groups is 2. The maximum Gasteiger partial charge on any atom is 0.281 e. The van der Waals surface area contributed by atoms with Crippen LogP contribution in [0.5, 0.6) is 5.75 Å². The monoisotopic (exact) mass is 409 g/mol. The molecule has 0 radical (unpaired) electrons. The number of fused-ring (bicyclic) bond motifs is 2. The topological polar surface area (TPSA) is 136 Å². The van der Waals surface area contributed by atoms with Crippen molar-refractivity contribution >= 4 is 28.6 Å². The summed E-state index contributed by atoms with van der Waals surface area (Å²) in [6.45, 7) is 5.84. The van der Waals surface area contributed by atoms with Gasteiger partial charge in [0.15, 0.2) is 0 Å². The number of nitrogens with two attached hydrogens (primary N) is 1. The number of nitro benzene ring substituents is 1. The van der Waals surface area contributed by atoms with Crippen molar-refractivity contribution in [3.8, 4) is 5.75 Å². The predicted octanol–water partition coefficient (Wildman–Crippen LogP) is 4.20. The minimum absolute atomic E-state index is 0.0156. The second kappa shape index (κ2) is 8.36. The first-order chi connectivity index (χ1) is 14.3. The van der Waals surface area contributed by atoms with Gasteiger partial charge >= 0.3 is 0 Å². The number of nitro groups is 1. The summed E-state index contributed by atoms with van der Waals surface area (Å²) in [6.07, 6.45) is 5.21. The first kappa shape index (κ1) is 21.0. The van der Waals surface area contributed by atoms with E-state index in [1.165, 1.54) is 6.07 Å². The zero-order valence-corrected chi connectivity index (χ0v) is 16.6. The van der Waals surface area contributed by atoms with E-state index in [-0.39, 0.29) is 28.4 Å². The second-order valence-corrected chi connectivity index (χ2v) is 7.23. The van der Waals surface area contributed by atoms with Crippen molar-refractivity contribution in [2.75, 3.05) is 11.1 Å². The Kier molecular flexibility index (Phi) is 5.86. The van der Waals surface area contributed by atoms with Gasteiger partial charge in [-0.1, -0.05) is 25.8 Å². The van der Waals surface area contributed by atoms with Gasteiger partial charge in [-0.05, 0) is 31.0 Å². The molecule has 8 nitrogen and oxygen atoms in total. The average molecular weight is 409 g/mol. The lowest BCUT2D eigenvalue weighted by Gasteiger charge is -2.25. The summed E-state index contributed by atoms with van der Waals surface area (Å²) < 4.78 is 0. The Hall–Kier alpha value is -3.68. The van der Waals surface area contributed by atoms with E-state index in [0.717, 1.165) is 31.4 Å². The molecule has 0 aromatic heterocycles. The van der Waals surface area contributed by atoms with E-state index >= 15 is 0 Å². The van der Waals surface area contributed by atoms with Crippen LogP contribution in [0.1, 0.15) is 64.4 Å². The number of nitrogen functional groups attached to an aromatic ring is 1. The third-order valence-corrected chi connectivity index (χ3v) is 5.22. The Morgan fingerprint density at radius 3 is 2.50 bits per heavy atom. The lowest BCUT2D eigenvalue weighted by Crippen LogP contribution is -2.27. The highest BCUT2D eigenvalue weighted by atomic mass is 16.6. The van der Waals surface area contributed by atoms with Crippen LogP contribution in [-0.4, -0.2) is 27.6 Å². The molecule has 0 amide bonds. The molecule has 0 saturated carbocycles. The van der Waals surface area contributed by atoms with Crippen molar-refractivity contribution < 1.29 is 19.6 Å². The standard InChI is InChI=1S/C22H23N3O5/c1-3-5-7-12(6-4-2)24-14-9-8-13(23)17-18(14)22(28)20-16(26)11-10-15(25(29)30)19(20)21(17)27/h4,8-12,24,26H,2-3,5-7,23H2,1H3.